The summed E-state index contributed by atoms with van der Waals surface area (Å²) in [5, 5.41) is 4.10. The normalized spacial score (nSPS) is 11.1. The monoisotopic (exact) mass is 293 g/mol. The number of hydrogen-bond acceptors (Lipinski definition) is 3. The van der Waals surface area contributed by atoms with Crippen LogP contribution in [0.25, 0.3) is 0 Å². The molecule has 2 aromatic rings. The topological polar surface area (TPSA) is 39.1 Å². The Labute approximate surface area is 124 Å². The first-order valence-electron chi connectivity index (χ1n) is 6.66. The summed E-state index contributed by atoms with van der Waals surface area (Å²) in [6.07, 6.45) is 3.57. The maximum atomic E-state index is 6.06. The zero-order valence-corrected chi connectivity index (χ0v) is 12.8. The van der Waals surface area contributed by atoms with Crippen molar-refractivity contribution >= 4 is 11.6 Å². The van der Waals surface area contributed by atoms with E-state index >= 15 is 0 Å². The van der Waals surface area contributed by atoms with Gasteiger partial charge in [0.1, 0.15) is 12.4 Å². The molecule has 4 nitrogen and oxygen atoms in total. The fourth-order valence-electron chi connectivity index (χ4n) is 1.82. The van der Waals surface area contributed by atoms with Gasteiger partial charge in [-0.15, -0.1) is 0 Å². The second-order valence-corrected chi connectivity index (χ2v) is 5.51. The van der Waals surface area contributed by atoms with E-state index in [4.69, 9.17) is 16.3 Å². The zero-order chi connectivity index (χ0) is 14.5. The summed E-state index contributed by atoms with van der Waals surface area (Å²) in [4.78, 5) is 4.08. The van der Waals surface area contributed by atoms with Gasteiger partial charge in [-0.2, -0.15) is 0 Å². The molecule has 0 atom stereocenters. The summed E-state index contributed by atoms with van der Waals surface area (Å²) < 4.78 is 7.84. The van der Waals surface area contributed by atoms with Crippen LogP contribution >= 0.6 is 11.6 Å². The van der Waals surface area contributed by atoms with E-state index in [2.05, 4.69) is 24.1 Å². The van der Waals surface area contributed by atoms with Gasteiger partial charge in [0.15, 0.2) is 0 Å². The Morgan fingerprint density at radius 1 is 1.40 bits per heavy atom. The minimum atomic E-state index is 0.416. The number of imidazole rings is 1. The average molecular weight is 294 g/mol. The second-order valence-electron chi connectivity index (χ2n) is 5.07. The van der Waals surface area contributed by atoms with Crippen LogP contribution in [0.2, 0.25) is 5.02 Å². The van der Waals surface area contributed by atoms with Crippen molar-refractivity contribution < 1.29 is 4.74 Å². The van der Waals surface area contributed by atoms with Crippen molar-refractivity contribution in [3.05, 3.63) is 47.0 Å². The van der Waals surface area contributed by atoms with E-state index in [9.17, 15) is 0 Å². The zero-order valence-electron chi connectivity index (χ0n) is 12.1. The largest absolute Gasteiger partial charge is 0.487 e. The molecule has 2 rings (SSSR count). The highest BCUT2D eigenvalue weighted by Crippen LogP contribution is 2.24. The molecule has 0 aliphatic heterocycles. The van der Waals surface area contributed by atoms with Gasteiger partial charge in [-0.25, -0.2) is 4.98 Å². The molecule has 1 heterocycles. The van der Waals surface area contributed by atoms with Crippen LogP contribution in [-0.2, 0) is 20.2 Å². The highest BCUT2D eigenvalue weighted by molar-refractivity contribution is 6.30. The first kappa shape index (κ1) is 14.9. The third kappa shape index (κ3) is 3.99. The molecule has 0 saturated heterocycles. The molecule has 0 spiro atoms. The highest BCUT2D eigenvalue weighted by Gasteiger charge is 2.07. The molecule has 0 radical (unpaired) electrons. The fourth-order valence-corrected chi connectivity index (χ4v) is 2.01. The van der Waals surface area contributed by atoms with Crippen molar-refractivity contribution in [2.24, 2.45) is 7.05 Å². The van der Waals surface area contributed by atoms with Gasteiger partial charge in [0, 0.05) is 30.2 Å². The molecule has 0 bridgehead atoms. The van der Waals surface area contributed by atoms with Crippen LogP contribution in [0.5, 0.6) is 5.75 Å². The Hall–Kier alpha value is -1.52. The average Bonchev–Trinajstić information content (AvgIpc) is 2.81. The van der Waals surface area contributed by atoms with Gasteiger partial charge in [-0.3, -0.25) is 0 Å². The van der Waals surface area contributed by atoms with E-state index < -0.39 is 0 Å². The van der Waals surface area contributed by atoms with Crippen LogP contribution in [0.3, 0.4) is 0 Å². The number of ether oxygens (including phenoxy) is 1. The number of aryl methyl sites for hydroxylation is 1. The lowest BCUT2D eigenvalue weighted by molar-refractivity contribution is 0.293. The van der Waals surface area contributed by atoms with Gasteiger partial charge >= 0.3 is 0 Å². The molecule has 0 amide bonds. The molecular weight excluding hydrogens is 274 g/mol. The van der Waals surface area contributed by atoms with E-state index in [1.54, 1.807) is 6.33 Å². The van der Waals surface area contributed by atoms with E-state index in [1.807, 2.05) is 36.0 Å². The molecular formula is C15H20ClN3O. The smallest absolute Gasteiger partial charge is 0.130 e. The minimum absolute atomic E-state index is 0.416. The molecule has 5 heteroatoms. The predicted molar refractivity (Wildman–Crippen MR) is 81.0 cm³/mol. The van der Waals surface area contributed by atoms with Crippen LogP contribution in [0.1, 0.15) is 25.1 Å². The summed E-state index contributed by atoms with van der Waals surface area (Å²) in [5.41, 5.74) is 2.09. The quantitative estimate of drug-likeness (QED) is 0.889. The van der Waals surface area contributed by atoms with Gasteiger partial charge in [0.25, 0.3) is 0 Å². The van der Waals surface area contributed by atoms with Crippen LogP contribution in [-0.4, -0.2) is 15.6 Å². The maximum Gasteiger partial charge on any atom is 0.130 e. The number of aromatic nitrogens is 2. The van der Waals surface area contributed by atoms with Crippen molar-refractivity contribution in [1.29, 1.82) is 0 Å². The van der Waals surface area contributed by atoms with Gasteiger partial charge in [0.05, 0.1) is 18.2 Å². The summed E-state index contributed by atoms with van der Waals surface area (Å²) >= 11 is 6.06. The Bertz CT molecular complexity index is 566. The maximum absolute atomic E-state index is 6.06. The Kier molecular flexibility index (Phi) is 5.04. The van der Waals surface area contributed by atoms with E-state index in [0.717, 1.165) is 28.6 Å². The molecule has 20 heavy (non-hydrogen) atoms. The molecule has 0 aliphatic carbocycles. The Morgan fingerprint density at radius 3 is 2.85 bits per heavy atom. The second kappa shape index (κ2) is 6.77. The SMILES string of the molecule is CC(C)NCc1cc(Cl)ccc1OCc1cncn1C. The summed E-state index contributed by atoms with van der Waals surface area (Å²) in [6.45, 7) is 5.45. The van der Waals surface area contributed by atoms with Crippen molar-refractivity contribution in [2.75, 3.05) is 0 Å². The van der Waals surface area contributed by atoms with E-state index in [0.29, 0.717) is 12.6 Å². The van der Waals surface area contributed by atoms with Gasteiger partial charge in [0.2, 0.25) is 0 Å². The lowest BCUT2D eigenvalue weighted by atomic mass is 10.2. The summed E-state index contributed by atoms with van der Waals surface area (Å²) in [6, 6.07) is 6.11. The van der Waals surface area contributed by atoms with Crippen LogP contribution in [0.15, 0.2) is 30.7 Å². The van der Waals surface area contributed by atoms with Crippen molar-refractivity contribution in [3.63, 3.8) is 0 Å². The molecule has 0 fully saturated rings. The molecule has 1 aromatic carbocycles. The number of benzene rings is 1. The van der Waals surface area contributed by atoms with Crippen LogP contribution in [0.4, 0.5) is 0 Å². The molecule has 1 aromatic heterocycles. The number of nitrogens with one attached hydrogen (secondary N) is 1. The predicted octanol–water partition coefficient (Wildman–Crippen LogP) is 3.15. The lowest BCUT2D eigenvalue weighted by Gasteiger charge is -2.14. The van der Waals surface area contributed by atoms with Gasteiger partial charge < -0.3 is 14.6 Å². The molecule has 108 valence electrons. The summed E-state index contributed by atoms with van der Waals surface area (Å²) in [5.74, 6) is 0.851. The number of hydrogen-bond donors (Lipinski definition) is 1. The standard InChI is InChI=1S/C15H20ClN3O/c1-11(2)18-7-12-6-13(16)4-5-15(12)20-9-14-8-17-10-19(14)3/h4-6,8,10-11,18H,7,9H2,1-3H3. The molecule has 0 unspecified atom stereocenters. The third-order valence-corrected chi connectivity index (χ3v) is 3.25. The van der Waals surface area contributed by atoms with E-state index in [1.165, 1.54) is 0 Å². The van der Waals surface area contributed by atoms with Crippen LogP contribution < -0.4 is 10.1 Å². The number of nitrogens with zero attached hydrogens (tertiary/aromatic N) is 2. The van der Waals surface area contributed by atoms with Gasteiger partial charge in [-0.05, 0) is 18.2 Å². The van der Waals surface area contributed by atoms with Crippen molar-refractivity contribution in [1.82, 2.24) is 14.9 Å². The molecule has 1 N–H and O–H groups in total. The van der Waals surface area contributed by atoms with Crippen molar-refractivity contribution in [2.45, 2.75) is 33.0 Å². The molecule has 0 saturated carbocycles. The number of halogens is 1. The Balaban J connectivity index is 2.08. The van der Waals surface area contributed by atoms with Crippen LogP contribution in [0, 0.1) is 0 Å². The first-order chi connectivity index (χ1) is 9.56. The van der Waals surface area contributed by atoms with E-state index in [-0.39, 0.29) is 0 Å². The van der Waals surface area contributed by atoms with Crippen molar-refractivity contribution in [3.8, 4) is 5.75 Å². The number of rotatable bonds is 6. The lowest BCUT2D eigenvalue weighted by Crippen LogP contribution is -2.22. The Morgan fingerprint density at radius 2 is 2.20 bits per heavy atom. The molecule has 0 aliphatic rings. The highest BCUT2D eigenvalue weighted by atomic mass is 35.5. The minimum Gasteiger partial charge on any atom is -0.487 e. The summed E-state index contributed by atoms with van der Waals surface area (Å²) in [7, 11) is 1.95. The fraction of sp³-hybridized carbons (Fsp3) is 0.400. The van der Waals surface area contributed by atoms with Gasteiger partial charge in [-0.1, -0.05) is 25.4 Å². The third-order valence-electron chi connectivity index (χ3n) is 3.02. The first-order valence-corrected chi connectivity index (χ1v) is 7.04.